The highest BCUT2D eigenvalue weighted by Gasteiger charge is 2.23. The Morgan fingerprint density at radius 1 is 1.31 bits per heavy atom. The number of carbonyl (C=O) groups excluding carboxylic acids is 1. The second-order valence-corrected chi connectivity index (χ2v) is 8.05. The molecule has 0 aliphatic rings. The van der Waals surface area contributed by atoms with Gasteiger partial charge in [-0.15, -0.1) is 0 Å². The summed E-state index contributed by atoms with van der Waals surface area (Å²) in [5, 5.41) is 0. The smallest absolute Gasteiger partial charge is 0.171 e. The molecule has 0 heterocycles. The molecule has 2 nitrogen and oxygen atoms in total. The van der Waals surface area contributed by atoms with Crippen molar-refractivity contribution in [2.45, 2.75) is 72.1 Å². The first-order valence-electron chi connectivity index (χ1n) is 6.52. The fourth-order valence-electron chi connectivity index (χ4n) is 1.98. The van der Waals surface area contributed by atoms with Gasteiger partial charge in [-0.25, -0.2) is 0 Å². The second kappa shape index (κ2) is 8.01. The highest BCUT2D eigenvalue weighted by Crippen LogP contribution is 2.29. The van der Waals surface area contributed by atoms with Crippen LogP contribution in [0.1, 0.15) is 52.9 Å². The highest BCUT2D eigenvalue weighted by molar-refractivity contribution is 6.48. The summed E-state index contributed by atoms with van der Waals surface area (Å²) in [6.07, 6.45) is 6.66. The molecular weight excluding hydrogens is 216 g/mol. The minimum atomic E-state index is -1.10. The zero-order valence-electron chi connectivity index (χ0n) is 11.6. The number of unbranched alkanes of at least 4 members (excludes halogenated alkanes) is 2. The highest BCUT2D eigenvalue weighted by atomic mass is 28.3. The monoisotopic (exact) mass is 244 g/mol. The van der Waals surface area contributed by atoms with E-state index >= 15 is 0 Å². The minimum Gasteiger partial charge on any atom is -0.411 e. The molecular formula is C13H28O2Si. The van der Waals surface area contributed by atoms with Crippen LogP contribution in [0.2, 0.25) is 13.1 Å². The van der Waals surface area contributed by atoms with E-state index < -0.39 is 9.04 Å². The Morgan fingerprint density at radius 2 is 1.94 bits per heavy atom. The van der Waals surface area contributed by atoms with Crippen LogP contribution in [0.25, 0.3) is 0 Å². The van der Waals surface area contributed by atoms with Gasteiger partial charge in [-0.05, 0) is 31.4 Å². The number of carbonyl (C=O) groups is 1. The summed E-state index contributed by atoms with van der Waals surface area (Å²) in [5.41, 5.74) is 0.226. The molecule has 0 aliphatic carbocycles. The Kier molecular flexibility index (Phi) is 7.94. The molecule has 0 saturated heterocycles. The van der Waals surface area contributed by atoms with E-state index in [1.165, 1.54) is 25.7 Å². The molecule has 0 saturated carbocycles. The number of hydrogen-bond donors (Lipinski definition) is 0. The summed E-state index contributed by atoms with van der Waals surface area (Å²) in [7, 11) is -1.10. The van der Waals surface area contributed by atoms with Crippen molar-refractivity contribution < 1.29 is 9.22 Å². The van der Waals surface area contributed by atoms with Crippen LogP contribution in [0, 0.1) is 5.41 Å². The molecule has 96 valence electrons. The number of rotatable bonds is 9. The second-order valence-electron chi connectivity index (χ2n) is 5.68. The molecule has 1 atom stereocenters. The summed E-state index contributed by atoms with van der Waals surface area (Å²) in [6, 6.07) is 0. The van der Waals surface area contributed by atoms with Gasteiger partial charge in [0.1, 0.15) is 12.4 Å². The Morgan fingerprint density at radius 3 is 2.38 bits per heavy atom. The summed E-state index contributed by atoms with van der Waals surface area (Å²) < 4.78 is 5.71. The van der Waals surface area contributed by atoms with E-state index in [1.807, 2.05) is 0 Å². The van der Waals surface area contributed by atoms with Crippen molar-refractivity contribution in [3.63, 3.8) is 0 Å². The van der Waals surface area contributed by atoms with Gasteiger partial charge in [-0.1, -0.05) is 40.0 Å². The quantitative estimate of drug-likeness (QED) is 0.352. The maximum Gasteiger partial charge on any atom is 0.171 e. The van der Waals surface area contributed by atoms with Crippen molar-refractivity contribution in [1.82, 2.24) is 0 Å². The van der Waals surface area contributed by atoms with Gasteiger partial charge in [-0.3, -0.25) is 0 Å². The van der Waals surface area contributed by atoms with Gasteiger partial charge in [0.05, 0.1) is 0 Å². The van der Waals surface area contributed by atoms with Crippen molar-refractivity contribution in [3.05, 3.63) is 0 Å². The molecule has 0 aromatic carbocycles. The van der Waals surface area contributed by atoms with Gasteiger partial charge < -0.3 is 9.22 Å². The van der Waals surface area contributed by atoms with E-state index in [4.69, 9.17) is 4.43 Å². The Balaban J connectivity index is 4.03. The molecule has 0 aliphatic heterocycles. The van der Waals surface area contributed by atoms with Gasteiger partial charge in [0.2, 0.25) is 0 Å². The maximum atomic E-state index is 10.9. The summed E-state index contributed by atoms with van der Waals surface area (Å²) >= 11 is 0. The van der Waals surface area contributed by atoms with Crippen LogP contribution >= 0.6 is 0 Å². The molecule has 0 aromatic rings. The fraction of sp³-hybridized carbons (Fsp3) is 0.923. The first-order valence-corrected chi connectivity index (χ1v) is 9.30. The van der Waals surface area contributed by atoms with Crippen LogP contribution in [-0.2, 0) is 9.22 Å². The zero-order chi connectivity index (χ0) is 12.6. The lowest BCUT2D eigenvalue weighted by molar-refractivity contribution is -0.115. The molecule has 3 heteroatoms. The lowest BCUT2D eigenvalue weighted by Crippen LogP contribution is -2.28. The third kappa shape index (κ3) is 8.05. The van der Waals surface area contributed by atoms with Gasteiger partial charge in [0.15, 0.2) is 9.04 Å². The standard InChI is InChI=1S/C13H28O2Si/c1-6-7-8-9-13(2,3)10-12(11-14)15-16(4)5/h11-12,16H,6-10H2,1-5H3. The van der Waals surface area contributed by atoms with E-state index in [2.05, 4.69) is 33.9 Å². The summed E-state index contributed by atoms with van der Waals surface area (Å²) in [6.45, 7) is 10.9. The van der Waals surface area contributed by atoms with Crippen molar-refractivity contribution in [1.29, 1.82) is 0 Å². The molecule has 0 aromatic heterocycles. The Labute approximate surface area is 102 Å². The lowest BCUT2D eigenvalue weighted by atomic mass is 9.82. The van der Waals surface area contributed by atoms with Gasteiger partial charge in [0, 0.05) is 0 Å². The van der Waals surface area contributed by atoms with Gasteiger partial charge >= 0.3 is 0 Å². The zero-order valence-corrected chi connectivity index (χ0v) is 12.7. The average molecular weight is 244 g/mol. The third-order valence-corrected chi connectivity index (χ3v) is 3.70. The predicted octanol–water partition coefficient (Wildman–Crippen LogP) is 3.55. The van der Waals surface area contributed by atoms with E-state index in [1.54, 1.807) is 0 Å². The minimum absolute atomic E-state index is 0.178. The van der Waals surface area contributed by atoms with E-state index in [0.29, 0.717) is 0 Å². The van der Waals surface area contributed by atoms with Crippen molar-refractivity contribution >= 4 is 15.3 Å². The lowest BCUT2D eigenvalue weighted by Gasteiger charge is -2.28. The van der Waals surface area contributed by atoms with Crippen molar-refractivity contribution in [2.24, 2.45) is 5.41 Å². The molecule has 0 amide bonds. The van der Waals surface area contributed by atoms with Crippen LogP contribution in [0.5, 0.6) is 0 Å². The van der Waals surface area contributed by atoms with Crippen LogP contribution in [0.4, 0.5) is 0 Å². The third-order valence-electron chi connectivity index (χ3n) is 2.81. The average Bonchev–Trinajstić information content (AvgIpc) is 2.15. The summed E-state index contributed by atoms with van der Waals surface area (Å²) in [5.74, 6) is 0. The summed E-state index contributed by atoms with van der Waals surface area (Å²) in [4.78, 5) is 10.9. The van der Waals surface area contributed by atoms with Gasteiger partial charge in [-0.2, -0.15) is 0 Å². The molecule has 0 fully saturated rings. The van der Waals surface area contributed by atoms with Crippen LogP contribution in [-0.4, -0.2) is 21.4 Å². The van der Waals surface area contributed by atoms with Crippen LogP contribution in [0.15, 0.2) is 0 Å². The molecule has 0 N–H and O–H groups in total. The number of aldehydes is 1. The fourth-order valence-corrected chi connectivity index (χ4v) is 2.84. The topological polar surface area (TPSA) is 26.3 Å². The van der Waals surface area contributed by atoms with Crippen LogP contribution in [0.3, 0.4) is 0 Å². The molecule has 0 spiro atoms. The molecule has 0 radical (unpaired) electrons. The molecule has 1 unspecified atom stereocenters. The van der Waals surface area contributed by atoms with E-state index in [-0.39, 0.29) is 11.5 Å². The van der Waals surface area contributed by atoms with Crippen molar-refractivity contribution in [2.75, 3.05) is 0 Å². The molecule has 16 heavy (non-hydrogen) atoms. The number of hydrogen-bond acceptors (Lipinski definition) is 2. The largest absolute Gasteiger partial charge is 0.411 e. The SMILES string of the molecule is CCCCCC(C)(C)CC(C=O)O[SiH](C)C. The first-order chi connectivity index (χ1) is 7.41. The normalized spacial score (nSPS) is 14.1. The first kappa shape index (κ1) is 15.8. The molecule has 0 bridgehead atoms. The Bertz CT molecular complexity index is 190. The maximum absolute atomic E-state index is 10.9. The molecule has 0 rings (SSSR count). The van der Waals surface area contributed by atoms with Crippen LogP contribution < -0.4 is 0 Å². The predicted molar refractivity (Wildman–Crippen MR) is 72.4 cm³/mol. The Hall–Kier alpha value is -0.153. The van der Waals surface area contributed by atoms with E-state index in [0.717, 1.165) is 12.7 Å². The van der Waals surface area contributed by atoms with E-state index in [9.17, 15) is 4.79 Å². The van der Waals surface area contributed by atoms with Crippen molar-refractivity contribution in [3.8, 4) is 0 Å². The van der Waals surface area contributed by atoms with Gasteiger partial charge in [0.25, 0.3) is 0 Å².